The average molecular weight is 611 g/mol. The van der Waals surface area contributed by atoms with Gasteiger partial charge in [-0.3, -0.25) is 4.79 Å². The monoisotopic (exact) mass is 611 g/mol. The Kier molecular flexibility index (Phi) is 34.7. The molecule has 1 atom stereocenters. The van der Waals surface area contributed by atoms with Gasteiger partial charge < -0.3 is 25.2 Å². The quantitative estimate of drug-likeness (QED) is 0.0494. The predicted octanol–water partition coefficient (Wildman–Crippen LogP) is 8.73. The Morgan fingerprint density at radius 1 is 0.674 bits per heavy atom. The van der Waals surface area contributed by atoms with Gasteiger partial charge in [-0.2, -0.15) is 0 Å². The van der Waals surface area contributed by atoms with E-state index < -0.39 is 6.10 Å². The molecule has 1 unspecified atom stereocenters. The van der Waals surface area contributed by atoms with Crippen LogP contribution >= 0.6 is 0 Å². The number of allylic oxidation sites excluding steroid dienone is 2. The van der Waals surface area contributed by atoms with Crippen LogP contribution in [-0.4, -0.2) is 73.1 Å². The van der Waals surface area contributed by atoms with E-state index >= 15 is 0 Å². The van der Waals surface area contributed by atoms with Crippen molar-refractivity contribution in [1.82, 2.24) is 10.2 Å². The molecule has 0 aromatic heterocycles. The van der Waals surface area contributed by atoms with Crippen molar-refractivity contribution in [1.29, 1.82) is 0 Å². The number of hydrogen-bond acceptors (Lipinski definition) is 5. The summed E-state index contributed by atoms with van der Waals surface area (Å²) >= 11 is 0. The molecule has 0 aliphatic rings. The highest BCUT2D eigenvalue weighted by molar-refractivity contribution is 5.75. The molecule has 0 saturated carbocycles. The summed E-state index contributed by atoms with van der Waals surface area (Å²) in [5.41, 5.74) is 0. The van der Waals surface area contributed by atoms with Gasteiger partial charge in [0.15, 0.2) is 0 Å². The number of carbonyl (C=O) groups is 1. The minimum absolute atomic E-state index is 0.147. The fraction of sp³-hybridized carbons (Fsp3) is 0.919. The van der Waals surface area contributed by atoms with Crippen LogP contribution in [0.5, 0.6) is 0 Å². The van der Waals surface area contributed by atoms with Crippen LogP contribution in [0.25, 0.3) is 0 Å². The first-order valence-corrected chi connectivity index (χ1v) is 18.6. The maximum absolute atomic E-state index is 12.2. The first-order chi connectivity index (χ1) is 21.1. The maximum Gasteiger partial charge on any atom is 0.219 e. The van der Waals surface area contributed by atoms with E-state index in [0.717, 1.165) is 58.4 Å². The number of hydrogen-bond donors (Lipinski definition) is 3. The molecule has 1 amide bonds. The second-order valence-corrected chi connectivity index (χ2v) is 12.6. The van der Waals surface area contributed by atoms with Gasteiger partial charge in [0.1, 0.15) is 0 Å². The lowest BCUT2D eigenvalue weighted by atomic mass is 10.1. The number of nitrogens with zero attached hydrogens (tertiary/aromatic N) is 1. The van der Waals surface area contributed by atoms with Crippen LogP contribution < -0.4 is 5.32 Å². The first kappa shape index (κ1) is 42.0. The summed E-state index contributed by atoms with van der Waals surface area (Å²) in [5.74, 6) is 0.147. The number of nitrogens with one attached hydrogen (secondary N) is 1. The van der Waals surface area contributed by atoms with E-state index in [1.54, 1.807) is 0 Å². The van der Waals surface area contributed by atoms with Gasteiger partial charge in [-0.05, 0) is 57.9 Å². The van der Waals surface area contributed by atoms with E-state index in [0.29, 0.717) is 19.5 Å². The molecule has 6 heteroatoms. The number of aliphatic hydroxyl groups is 2. The number of aliphatic hydroxyl groups excluding tert-OH is 2. The van der Waals surface area contributed by atoms with E-state index in [4.69, 9.17) is 4.74 Å². The molecule has 6 nitrogen and oxygen atoms in total. The molecule has 0 radical (unpaired) electrons. The van der Waals surface area contributed by atoms with Crippen molar-refractivity contribution in [2.24, 2.45) is 0 Å². The van der Waals surface area contributed by atoms with E-state index in [2.05, 4.69) is 36.2 Å². The van der Waals surface area contributed by atoms with Crippen LogP contribution in [0.2, 0.25) is 0 Å². The number of rotatable bonds is 35. The molecular formula is C37H74N2O4. The van der Waals surface area contributed by atoms with E-state index in [1.165, 1.54) is 116 Å². The minimum Gasteiger partial charge on any atom is -0.394 e. The smallest absolute Gasteiger partial charge is 0.219 e. The molecular weight excluding hydrogens is 536 g/mol. The summed E-state index contributed by atoms with van der Waals surface area (Å²) in [4.78, 5) is 14.4. The van der Waals surface area contributed by atoms with E-state index in [9.17, 15) is 15.0 Å². The molecule has 256 valence electrons. The Balaban J connectivity index is 3.70. The highest BCUT2D eigenvalue weighted by atomic mass is 16.5. The summed E-state index contributed by atoms with van der Waals surface area (Å²) in [6.07, 6.45) is 33.3. The third kappa shape index (κ3) is 33.8. The molecule has 0 bridgehead atoms. The Hall–Kier alpha value is -0.950. The van der Waals surface area contributed by atoms with Gasteiger partial charge >= 0.3 is 0 Å². The lowest BCUT2D eigenvalue weighted by molar-refractivity contribution is -0.121. The molecule has 0 fully saturated rings. The molecule has 0 spiro atoms. The second-order valence-electron chi connectivity index (χ2n) is 12.6. The Bertz CT molecular complexity index is 587. The van der Waals surface area contributed by atoms with Crippen molar-refractivity contribution in [2.75, 3.05) is 46.0 Å². The maximum atomic E-state index is 12.2. The van der Waals surface area contributed by atoms with Gasteiger partial charge in [-0.15, -0.1) is 0 Å². The molecule has 0 heterocycles. The van der Waals surface area contributed by atoms with Crippen molar-refractivity contribution in [3.8, 4) is 0 Å². The van der Waals surface area contributed by atoms with Crippen LogP contribution in [0.15, 0.2) is 12.2 Å². The van der Waals surface area contributed by atoms with E-state index in [1.807, 2.05) is 0 Å². The Labute approximate surface area is 267 Å². The zero-order valence-electron chi connectivity index (χ0n) is 28.8. The van der Waals surface area contributed by atoms with Gasteiger partial charge in [0.2, 0.25) is 5.91 Å². The molecule has 0 aliphatic heterocycles. The third-order valence-corrected chi connectivity index (χ3v) is 8.22. The molecule has 0 rings (SSSR count). The zero-order chi connectivity index (χ0) is 31.5. The predicted molar refractivity (Wildman–Crippen MR) is 185 cm³/mol. The first-order valence-electron chi connectivity index (χ1n) is 18.6. The molecule has 0 saturated heterocycles. The number of carbonyl (C=O) groups excluding carboxylic acids is 1. The van der Waals surface area contributed by atoms with Gasteiger partial charge in [0.05, 0.1) is 12.7 Å². The average Bonchev–Trinajstić information content (AvgIpc) is 3.01. The lowest BCUT2D eigenvalue weighted by Gasteiger charge is -2.24. The topological polar surface area (TPSA) is 82.0 Å². The fourth-order valence-electron chi connectivity index (χ4n) is 5.46. The van der Waals surface area contributed by atoms with Crippen LogP contribution in [-0.2, 0) is 9.53 Å². The number of unbranched alkanes of at least 4 members (excludes halogenated alkanes) is 18. The zero-order valence-corrected chi connectivity index (χ0v) is 28.8. The number of amides is 1. The SMILES string of the molecule is CCCCCCCC/C=C\CCCCCCCC(=O)NCCCN(CCCOCCCCCCCCCC)CC(O)CO. The van der Waals surface area contributed by atoms with Gasteiger partial charge in [0.25, 0.3) is 0 Å². The minimum atomic E-state index is -0.728. The molecule has 0 aromatic rings. The van der Waals surface area contributed by atoms with Crippen LogP contribution in [0.4, 0.5) is 0 Å². The Morgan fingerprint density at radius 2 is 1.16 bits per heavy atom. The fourth-order valence-corrected chi connectivity index (χ4v) is 5.46. The molecule has 43 heavy (non-hydrogen) atoms. The summed E-state index contributed by atoms with van der Waals surface area (Å²) in [5, 5.41) is 22.3. The highest BCUT2D eigenvalue weighted by Gasteiger charge is 2.11. The number of ether oxygens (including phenoxy) is 1. The van der Waals surface area contributed by atoms with Crippen molar-refractivity contribution in [3.05, 3.63) is 12.2 Å². The van der Waals surface area contributed by atoms with Gasteiger partial charge in [0, 0.05) is 39.3 Å². The normalized spacial score (nSPS) is 12.5. The molecule has 3 N–H and O–H groups in total. The van der Waals surface area contributed by atoms with Crippen LogP contribution in [0, 0.1) is 0 Å². The lowest BCUT2D eigenvalue weighted by Crippen LogP contribution is -2.37. The van der Waals surface area contributed by atoms with Crippen molar-refractivity contribution in [2.45, 2.75) is 174 Å². The summed E-state index contributed by atoms with van der Waals surface area (Å²) in [6, 6.07) is 0. The standard InChI is InChI=1S/C37H74N2O4/c1-3-5-7-9-11-13-14-15-16-17-18-19-20-22-24-28-37(42)38-29-26-30-39(34-36(41)35-40)31-27-33-43-32-25-23-21-12-10-8-6-4-2/h15-16,36,40-41H,3-14,17-35H2,1-2H3,(H,38,42)/b16-15-. The van der Waals surface area contributed by atoms with Gasteiger partial charge in [-0.1, -0.05) is 122 Å². The molecule has 0 aliphatic carbocycles. The third-order valence-electron chi connectivity index (χ3n) is 8.22. The largest absolute Gasteiger partial charge is 0.394 e. The molecule has 0 aromatic carbocycles. The van der Waals surface area contributed by atoms with Crippen LogP contribution in [0.3, 0.4) is 0 Å². The van der Waals surface area contributed by atoms with Crippen molar-refractivity contribution >= 4 is 5.91 Å². The summed E-state index contributed by atoms with van der Waals surface area (Å²) in [7, 11) is 0. The Morgan fingerprint density at radius 3 is 1.74 bits per heavy atom. The summed E-state index contributed by atoms with van der Waals surface area (Å²) < 4.78 is 5.82. The van der Waals surface area contributed by atoms with Crippen molar-refractivity contribution < 1.29 is 19.7 Å². The highest BCUT2D eigenvalue weighted by Crippen LogP contribution is 2.11. The summed E-state index contributed by atoms with van der Waals surface area (Å²) in [6.45, 7) is 8.60. The second kappa shape index (κ2) is 35.5. The van der Waals surface area contributed by atoms with Crippen LogP contribution in [0.1, 0.15) is 168 Å². The van der Waals surface area contributed by atoms with E-state index in [-0.39, 0.29) is 12.5 Å². The van der Waals surface area contributed by atoms with Crippen molar-refractivity contribution in [3.63, 3.8) is 0 Å². The van der Waals surface area contributed by atoms with Gasteiger partial charge in [-0.25, -0.2) is 0 Å².